The molecule has 0 aromatic heterocycles. The van der Waals surface area contributed by atoms with Crippen LogP contribution in [0.3, 0.4) is 0 Å². The maximum absolute atomic E-state index is 12.9. The lowest BCUT2D eigenvalue weighted by Crippen LogP contribution is -2.46. The lowest BCUT2D eigenvalue weighted by Gasteiger charge is -2.24. The Labute approximate surface area is 110 Å². The molecule has 1 amide bonds. The van der Waals surface area contributed by atoms with Gasteiger partial charge in [0, 0.05) is 11.6 Å². The van der Waals surface area contributed by atoms with Crippen LogP contribution in [0.5, 0.6) is 5.75 Å². The average molecular weight is 269 g/mol. The molecule has 0 saturated carbocycles. The molecule has 2 N–H and O–H groups in total. The summed E-state index contributed by atoms with van der Waals surface area (Å²) in [4.78, 5) is 22.2. The van der Waals surface area contributed by atoms with E-state index in [1.807, 2.05) is 0 Å². The van der Waals surface area contributed by atoms with Crippen molar-refractivity contribution >= 4 is 11.9 Å². The highest BCUT2D eigenvalue weighted by molar-refractivity contribution is 5.79. The van der Waals surface area contributed by atoms with Gasteiger partial charge < -0.3 is 15.2 Å². The minimum absolute atomic E-state index is 0.196. The topological polar surface area (TPSA) is 75.6 Å². The van der Waals surface area contributed by atoms with Gasteiger partial charge in [0.25, 0.3) is 5.91 Å². The van der Waals surface area contributed by atoms with E-state index < -0.39 is 23.2 Å². The van der Waals surface area contributed by atoms with Gasteiger partial charge in [0.1, 0.15) is 11.6 Å². The summed E-state index contributed by atoms with van der Waals surface area (Å²) in [7, 11) is 0. The van der Waals surface area contributed by atoms with Gasteiger partial charge >= 0.3 is 5.97 Å². The normalized spacial score (nSPS) is 10.9. The first-order valence-corrected chi connectivity index (χ1v) is 5.70. The summed E-state index contributed by atoms with van der Waals surface area (Å²) in [5.74, 6) is -1.68. The van der Waals surface area contributed by atoms with E-state index in [0.717, 1.165) is 6.07 Å². The molecule has 19 heavy (non-hydrogen) atoms. The number of carbonyl (C=O) groups excluding carboxylic acids is 1. The molecular formula is C13H16FNO4. The largest absolute Gasteiger partial charge is 0.484 e. The SMILES string of the molecule is CC(C)(CC(=O)O)NC(=O)COc1cccc(F)c1. The van der Waals surface area contributed by atoms with Crippen molar-refractivity contribution in [3.63, 3.8) is 0 Å². The average Bonchev–Trinajstić information content (AvgIpc) is 2.24. The molecule has 1 aromatic carbocycles. The maximum Gasteiger partial charge on any atom is 0.305 e. The predicted molar refractivity (Wildman–Crippen MR) is 66.4 cm³/mol. The second-order valence-electron chi connectivity index (χ2n) is 4.75. The minimum Gasteiger partial charge on any atom is -0.484 e. The summed E-state index contributed by atoms with van der Waals surface area (Å²) in [6.07, 6.45) is -0.196. The van der Waals surface area contributed by atoms with Crippen LogP contribution in [-0.4, -0.2) is 29.1 Å². The number of carbonyl (C=O) groups is 2. The van der Waals surface area contributed by atoms with E-state index in [-0.39, 0.29) is 18.8 Å². The summed E-state index contributed by atoms with van der Waals surface area (Å²) in [5.41, 5.74) is -0.867. The monoisotopic (exact) mass is 269 g/mol. The number of ether oxygens (including phenoxy) is 1. The number of hydrogen-bond donors (Lipinski definition) is 2. The fraction of sp³-hybridized carbons (Fsp3) is 0.385. The third kappa shape index (κ3) is 5.85. The molecule has 0 saturated heterocycles. The molecule has 5 nitrogen and oxygen atoms in total. The van der Waals surface area contributed by atoms with E-state index in [1.165, 1.54) is 18.2 Å². The Hall–Kier alpha value is -2.11. The van der Waals surface area contributed by atoms with E-state index >= 15 is 0 Å². The molecule has 0 bridgehead atoms. The van der Waals surface area contributed by atoms with E-state index in [1.54, 1.807) is 13.8 Å². The molecule has 104 valence electrons. The van der Waals surface area contributed by atoms with Crippen molar-refractivity contribution in [1.29, 1.82) is 0 Å². The number of aliphatic carboxylic acids is 1. The fourth-order valence-corrected chi connectivity index (χ4v) is 1.54. The molecule has 0 fully saturated rings. The number of hydrogen-bond acceptors (Lipinski definition) is 3. The summed E-state index contributed by atoms with van der Waals surface area (Å²) < 4.78 is 18.0. The number of benzene rings is 1. The first kappa shape index (κ1) is 14.9. The molecule has 0 radical (unpaired) electrons. The predicted octanol–water partition coefficient (Wildman–Crippen LogP) is 1.57. The van der Waals surface area contributed by atoms with Gasteiger partial charge in [-0.05, 0) is 26.0 Å². The van der Waals surface area contributed by atoms with Crippen LogP contribution in [0.4, 0.5) is 4.39 Å². The highest BCUT2D eigenvalue weighted by Crippen LogP contribution is 2.12. The first-order chi connectivity index (χ1) is 8.78. The summed E-state index contributed by atoms with van der Waals surface area (Å²) >= 11 is 0. The van der Waals surface area contributed by atoms with Crippen LogP contribution >= 0.6 is 0 Å². The Bertz CT molecular complexity index is 473. The number of carboxylic acid groups (broad SMARTS) is 1. The lowest BCUT2D eigenvalue weighted by molar-refractivity contribution is -0.138. The number of halogens is 1. The maximum atomic E-state index is 12.9. The minimum atomic E-state index is -1.00. The quantitative estimate of drug-likeness (QED) is 0.822. The Kier molecular flexibility index (Phi) is 4.86. The third-order valence-electron chi connectivity index (χ3n) is 2.24. The summed E-state index contributed by atoms with van der Waals surface area (Å²) in [6.45, 7) is 2.90. The zero-order valence-corrected chi connectivity index (χ0v) is 10.8. The van der Waals surface area contributed by atoms with E-state index in [0.29, 0.717) is 0 Å². The Balaban J connectivity index is 2.46. The third-order valence-corrected chi connectivity index (χ3v) is 2.24. The summed E-state index contributed by atoms with van der Waals surface area (Å²) in [5, 5.41) is 11.2. The van der Waals surface area contributed by atoms with Gasteiger partial charge in [-0.1, -0.05) is 6.07 Å². The molecule has 0 aliphatic heterocycles. The van der Waals surface area contributed by atoms with E-state index in [2.05, 4.69) is 5.32 Å². The molecule has 1 aromatic rings. The molecule has 0 aliphatic rings. The van der Waals surface area contributed by atoms with Crippen molar-refractivity contribution < 1.29 is 23.8 Å². The molecule has 0 heterocycles. The first-order valence-electron chi connectivity index (χ1n) is 5.70. The van der Waals surface area contributed by atoms with Crippen LogP contribution in [-0.2, 0) is 9.59 Å². The molecule has 0 spiro atoms. The molecular weight excluding hydrogens is 253 g/mol. The Morgan fingerprint density at radius 3 is 2.68 bits per heavy atom. The molecule has 1 rings (SSSR count). The van der Waals surface area contributed by atoms with Gasteiger partial charge in [0.15, 0.2) is 6.61 Å². The molecule has 6 heteroatoms. The Morgan fingerprint density at radius 2 is 2.11 bits per heavy atom. The Morgan fingerprint density at radius 1 is 1.42 bits per heavy atom. The second kappa shape index (κ2) is 6.17. The van der Waals surface area contributed by atoms with Gasteiger partial charge in [-0.3, -0.25) is 9.59 Å². The van der Waals surface area contributed by atoms with Gasteiger partial charge in [0.05, 0.1) is 6.42 Å². The van der Waals surface area contributed by atoms with Crippen LogP contribution in [0.15, 0.2) is 24.3 Å². The van der Waals surface area contributed by atoms with Gasteiger partial charge in [0.2, 0.25) is 0 Å². The zero-order valence-electron chi connectivity index (χ0n) is 10.8. The second-order valence-corrected chi connectivity index (χ2v) is 4.75. The number of carboxylic acids is 1. The smallest absolute Gasteiger partial charge is 0.305 e. The number of rotatable bonds is 6. The zero-order chi connectivity index (χ0) is 14.5. The van der Waals surface area contributed by atoms with Gasteiger partial charge in [-0.15, -0.1) is 0 Å². The van der Waals surface area contributed by atoms with E-state index in [4.69, 9.17) is 9.84 Å². The standard InChI is InChI=1S/C13H16FNO4/c1-13(2,7-12(17)18)15-11(16)8-19-10-5-3-4-9(14)6-10/h3-6H,7-8H2,1-2H3,(H,15,16)(H,17,18). The van der Waals surface area contributed by atoms with Crippen LogP contribution in [0.2, 0.25) is 0 Å². The molecule has 0 unspecified atom stereocenters. The van der Waals surface area contributed by atoms with Crippen molar-refractivity contribution in [3.05, 3.63) is 30.1 Å². The molecule has 0 aliphatic carbocycles. The fourth-order valence-electron chi connectivity index (χ4n) is 1.54. The van der Waals surface area contributed by atoms with Crippen molar-refractivity contribution in [2.24, 2.45) is 0 Å². The van der Waals surface area contributed by atoms with Gasteiger partial charge in [-0.2, -0.15) is 0 Å². The van der Waals surface area contributed by atoms with Crippen molar-refractivity contribution in [3.8, 4) is 5.75 Å². The molecule has 0 atom stereocenters. The number of amides is 1. The highest BCUT2D eigenvalue weighted by Gasteiger charge is 2.23. The van der Waals surface area contributed by atoms with Crippen LogP contribution in [0.1, 0.15) is 20.3 Å². The van der Waals surface area contributed by atoms with Crippen LogP contribution < -0.4 is 10.1 Å². The highest BCUT2D eigenvalue weighted by atomic mass is 19.1. The van der Waals surface area contributed by atoms with Crippen molar-refractivity contribution in [1.82, 2.24) is 5.32 Å². The summed E-state index contributed by atoms with van der Waals surface area (Å²) in [6, 6.07) is 5.42. The van der Waals surface area contributed by atoms with Crippen LogP contribution in [0.25, 0.3) is 0 Å². The van der Waals surface area contributed by atoms with Crippen LogP contribution in [0, 0.1) is 5.82 Å². The van der Waals surface area contributed by atoms with Crippen molar-refractivity contribution in [2.75, 3.05) is 6.61 Å². The lowest BCUT2D eigenvalue weighted by atomic mass is 10.0. The number of nitrogens with one attached hydrogen (secondary N) is 1. The van der Waals surface area contributed by atoms with Gasteiger partial charge in [-0.25, -0.2) is 4.39 Å². The van der Waals surface area contributed by atoms with Crippen molar-refractivity contribution in [2.45, 2.75) is 25.8 Å². The van der Waals surface area contributed by atoms with E-state index in [9.17, 15) is 14.0 Å².